The first-order valence-electron chi connectivity index (χ1n) is 3.03. The zero-order chi connectivity index (χ0) is 4.43. The summed E-state index contributed by atoms with van der Waals surface area (Å²) >= 11 is 0. The standard InChI is InChI=1S/C5H8N2/c1-2-4-5-6(3-1)7(4)5/h4-5H,1-3H2. The summed E-state index contributed by atoms with van der Waals surface area (Å²) in [6, 6.07) is 1.02. The first-order chi connectivity index (χ1) is 3.48. The monoisotopic (exact) mass is 96.1 g/mol. The van der Waals surface area contributed by atoms with Crippen molar-refractivity contribution in [2.45, 2.75) is 25.0 Å². The van der Waals surface area contributed by atoms with Crippen molar-refractivity contribution >= 4 is 0 Å². The molecule has 4 rings (SSSR count). The maximum atomic E-state index is 2.48. The van der Waals surface area contributed by atoms with Gasteiger partial charge >= 0.3 is 0 Å². The molecule has 7 heavy (non-hydrogen) atoms. The third-order valence-electron chi connectivity index (χ3n) is 2.30. The summed E-state index contributed by atoms with van der Waals surface area (Å²) in [5, 5.41) is 4.93. The number of hydrogen-bond acceptors (Lipinski definition) is 2. The second-order valence-electron chi connectivity index (χ2n) is 2.67. The van der Waals surface area contributed by atoms with E-state index in [-0.39, 0.29) is 0 Å². The Morgan fingerprint density at radius 2 is 2.29 bits per heavy atom. The molecule has 4 aliphatic heterocycles. The van der Waals surface area contributed by atoms with Gasteiger partial charge in [0, 0.05) is 6.54 Å². The average Bonchev–Trinajstić information content (AvgIpc) is 2.53. The van der Waals surface area contributed by atoms with E-state index in [1.807, 2.05) is 0 Å². The van der Waals surface area contributed by atoms with Gasteiger partial charge in [0.05, 0.1) is 6.04 Å². The second kappa shape index (κ2) is 0.644. The average molecular weight is 96.1 g/mol. The molecule has 4 saturated heterocycles. The minimum Gasteiger partial charge on any atom is -0.219 e. The summed E-state index contributed by atoms with van der Waals surface area (Å²) < 4.78 is 0. The van der Waals surface area contributed by atoms with E-state index in [1.54, 1.807) is 0 Å². The van der Waals surface area contributed by atoms with Crippen LogP contribution in [0.3, 0.4) is 0 Å². The van der Waals surface area contributed by atoms with Crippen molar-refractivity contribution in [3.05, 3.63) is 0 Å². The molecule has 0 aromatic rings. The van der Waals surface area contributed by atoms with E-state index in [9.17, 15) is 0 Å². The summed E-state index contributed by atoms with van der Waals surface area (Å²) in [6.45, 7) is 1.35. The first kappa shape index (κ1) is 3.05. The zero-order valence-corrected chi connectivity index (χ0v) is 4.17. The molecule has 4 fully saturated rings. The van der Waals surface area contributed by atoms with Crippen molar-refractivity contribution in [1.82, 2.24) is 10.0 Å². The Morgan fingerprint density at radius 3 is 2.57 bits per heavy atom. The lowest BCUT2D eigenvalue weighted by Gasteiger charge is -2.18. The molecular weight excluding hydrogens is 88.1 g/mol. The van der Waals surface area contributed by atoms with Gasteiger partial charge in [-0.25, -0.2) is 10.0 Å². The maximum Gasteiger partial charge on any atom is 0.107 e. The highest BCUT2D eigenvalue weighted by atomic mass is 16.0. The zero-order valence-electron chi connectivity index (χ0n) is 4.17. The SMILES string of the molecule is C1CC2C3N(C1)N23. The molecule has 0 aromatic carbocycles. The molecule has 0 amide bonds. The highest BCUT2D eigenvalue weighted by Crippen LogP contribution is 2.54. The van der Waals surface area contributed by atoms with Crippen LogP contribution in [-0.2, 0) is 0 Å². The number of rotatable bonds is 0. The Kier molecular flexibility index (Phi) is 0.280. The van der Waals surface area contributed by atoms with Gasteiger partial charge in [0.1, 0.15) is 6.17 Å². The molecular formula is C5H8N2. The molecule has 0 aromatic heterocycles. The molecule has 0 aliphatic carbocycles. The van der Waals surface area contributed by atoms with Crippen LogP contribution >= 0.6 is 0 Å². The van der Waals surface area contributed by atoms with Crippen molar-refractivity contribution in [3.63, 3.8) is 0 Å². The summed E-state index contributed by atoms with van der Waals surface area (Å²) in [7, 11) is 0. The highest BCUT2D eigenvalue weighted by molar-refractivity contribution is 5.14. The van der Waals surface area contributed by atoms with Gasteiger partial charge < -0.3 is 0 Å². The van der Waals surface area contributed by atoms with E-state index in [2.05, 4.69) is 10.0 Å². The van der Waals surface area contributed by atoms with Gasteiger partial charge in [-0.2, -0.15) is 0 Å². The Balaban J connectivity index is 1.95. The van der Waals surface area contributed by atoms with Crippen LogP contribution in [0.4, 0.5) is 0 Å². The maximum absolute atomic E-state index is 2.48. The first-order valence-corrected chi connectivity index (χ1v) is 3.03. The van der Waals surface area contributed by atoms with Gasteiger partial charge in [-0.15, -0.1) is 0 Å². The lowest BCUT2D eigenvalue weighted by molar-refractivity contribution is 0.183. The molecule has 0 spiro atoms. The fraction of sp³-hybridized carbons (Fsp3) is 1.00. The van der Waals surface area contributed by atoms with Gasteiger partial charge in [0.15, 0.2) is 0 Å². The highest BCUT2D eigenvalue weighted by Gasteiger charge is 2.71. The minimum absolute atomic E-state index is 0.953. The van der Waals surface area contributed by atoms with Crippen molar-refractivity contribution in [2.24, 2.45) is 0 Å². The Labute approximate surface area is 42.7 Å². The van der Waals surface area contributed by atoms with Gasteiger partial charge in [0.25, 0.3) is 0 Å². The van der Waals surface area contributed by atoms with E-state index >= 15 is 0 Å². The van der Waals surface area contributed by atoms with E-state index in [4.69, 9.17) is 0 Å². The van der Waals surface area contributed by atoms with E-state index in [0.29, 0.717) is 0 Å². The third-order valence-corrected chi connectivity index (χ3v) is 2.30. The number of fused-ring (bicyclic) bond motifs is 2. The molecule has 2 nitrogen and oxygen atoms in total. The third kappa shape index (κ3) is 0.189. The molecule has 4 heterocycles. The molecule has 4 aliphatic rings. The predicted molar refractivity (Wildman–Crippen MR) is 25.4 cm³/mol. The lowest BCUT2D eigenvalue weighted by Crippen LogP contribution is -2.29. The summed E-state index contributed by atoms with van der Waals surface area (Å²) in [6.07, 6.45) is 3.87. The molecule has 0 N–H and O–H groups in total. The van der Waals surface area contributed by atoms with Crippen LogP contribution in [0.2, 0.25) is 0 Å². The Morgan fingerprint density at radius 1 is 1.43 bits per heavy atom. The van der Waals surface area contributed by atoms with Crippen LogP contribution < -0.4 is 0 Å². The number of nitrogens with zero attached hydrogens (tertiary/aromatic N) is 2. The second-order valence-corrected chi connectivity index (χ2v) is 2.67. The summed E-state index contributed by atoms with van der Waals surface area (Å²) in [5.74, 6) is 0. The number of piperidine rings is 1. The van der Waals surface area contributed by atoms with Gasteiger partial charge in [-0.05, 0) is 12.8 Å². The Hall–Kier alpha value is -0.0800. The molecule has 4 unspecified atom stereocenters. The topological polar surface area (TPSA) is 6.02 Å². The van der Waals surface area contributed by atoms with Crippen LogP contribution in [0.25, 0.3) is 0 Å². The number of hydrazine groups is 1. The van der Waals surface area contributed by atoms with Crippen LogP contribution in [0.1, 0.15) is 12.8 Å². The van der Waals surface area contributed by atoms with Gasteiger partial charge in [-0.1, -0.05) is 0 Å². The normalized spacial score (nSPS) is 72.0. The smallest absolute Gasteiger partial charge is 0.107 e. The molecule has 0 radical (unpaired) electrons. The molecule has 4 atom stereocenters. The molecule has 0 saturated carbocycles. The van der Waals surface area contributed by atoms with E-state index in [0.717, 1.165) is 12.2 Å². The number of hydrogen-bond donors (Lipinski definition) is 0. The summed E-state index contributed by atoms with van der Waals surface area (Å²) in [5.41, 5.74) is 0. The largest absolute Gasteiger partial charge is 0.219 e. The fourth-order valence-corrected chi connectivity index (χ4v) is 1.80. The van der Waals surface area contributed by atoms with Crippen molar-refractivity contribution in [3.8, 4) is 0 Å². The fourth-order valence-electron chi connectivity index (χ4n) is 1.80. The van der Waals surface area contributed by atoms with Crippen LogP contribution in [0.5, 0.6) is 0 Å². The van der Waals surface area contributed by atoms with Gasteiger partial charge in [0.2, 0.25) is 0 Å². The van der Waals surface area contributed by atoms with Crippen LogP contribution in [-0.4, -0.2) is 28.8 Å². The van der Waals surface area contributed by atoms with Gasteiger partial charge in [-0.3, -0.25) is 0 Å². The van der Waals surface area contributed by atoms with E-state index in [1.165, 1.54) is 19.4 Å². The van der Waals surface area contributed by atoms with Crippen molar-refractivity contribution < 1.29 is 0 Å². The van der Waals surface area contributed by atoms with Crippen molar-refractivity contribution in [1.29, 1.82) is 0 Å². The molecule has 2 bridgehead atoms. The molecule has 2 heteroatoms. The lowest BCUT2D eigenvalue weighted by atomic mass is 10.1. The van der Waals surface area contributed by atoms with Crippen LogP contribution in [0.15, 0.2) is 0 Å². The quantitative estimate of drug-likeness (QED) is 0.392. The predicted octanol–water partition coefficient (Wildman–Crippen LogP) is 0.0211. The van der Waals surface area contributed by atoms with Crippen LogP contribution in [0, 0.1) is 0 Å². The minimum atomic E-state index is 0.953. The van der Waals surface area contributed by atoms with E-state index < -0.39 is 0 Å². The Bertz CT molecular complexity index is 89.2. The summed E-state index contributed by atoms with van der Waals surface area (Å²) in [4.78, 5) is 0. The van der Waals surface area contributed by atoms with Crippen molar-refractivity contribution in [2.75, 3.05) is 6.54 Å². The molecule has 38 valence electrons.